The van der Waals surface area contributed by atoms with Crippen molar-refractivity contribution >= 4 is 59.6 Å². The Kier molecular flexibility index (Phi) is 8.45. The van der Waals surface area contributed by atoms with Crippen molar-refractivity contribution < 1.29 is 0 Å². The van der Waals surface area contributed by atoms with Crippen molar-refractivity contribution in [2.75, 3.05) is 0 Å². The van der Waals surface area contributed by atoms with E-state index < -0.39 is 0 Å². The highest BCUT2D eigenvalue weighted by molar-refractivity contribution is 9.11. The van der Waals surface area contributed by atoms with Gasteiger partial charge in [-0.2, -0.15) is 0 Å². The van der Waals surface area contributed by atoms with Crippen molar-refractivity contribution in [1.82, 2.24) is 0 Å². The van der Waals surface area contributed by atoms with Gasteiger partial charge in [0.1, 0.15) is 0 Å². The molecule has 0 aliphatic rings. The van der Waals surface area contributed by atoms with E-state index in [1.54, 1.807) is 0 Å². The van der Waals surface area contributed by atoms with Gasteiger partial charge in [-0.05, 0) is 54.1 Å². The smallest absolute Gasteiger partial charge is 0.0231 e. The summed E-state index contributed by atoms with van der Waals surface area (Å²) in [6.45, 7) is 0. The van der Waals surface area contributed by atoms with Gasteiger partial charge in [-0.25, -0.2) is 0 Å². The number of hydrogen-bond acceptors (Lipinski definition) is 1. The third-order valence-corrected chi connectivity index (χ3v) is 5.53. The minimum atomic E-state index is 1.03. The molecule has 3 aromatic rings. The molecule has 0 aromatic heterocycles. The first-order valence-corrected chi connectivity index (χ1v) is 10.3. The average Bonchev–Trinajstić information content (AvgIpc) is 2.59. The molecule has 0 aliphatic heterocycles. The third-order valence-electron chi connectivity index (χ3n) is 2.87. The number of thioether (sulfide) groups is 1. The Morgan fingerprint density at radius 2 is 1.00 bits per heavy atom. The van der Waals surface area contributed by atoms with Gasteiger partial charge in [0, 0.05) is 24.1 Å². The largest absolute Gasteiger partial charge is 0.121 e. The molecule has 0 unspecified atom stereocenters. The van der Waals surface area contributed by atoms with Crippen LogP contribution in [0.3, 0.4) is 0 Å². The molecule has 0 spiro atoms. The minimum Gasteiger partial charge on any atom is -0.121 e. The van der Waals surface area contributed by atoms with E-state index >= 15 is 0 Å². The van der Waals surface area contributed by atoms with Crippen LogP contribution < -0.4 is 0 Å². The lowest BCUT2D eigenvalue weighted by Gasteiger charge is -2.01. The quantitative estimate of drug-likeness (QED) is 0.319. The summed E-state index contributed by atoms with van der Waals surface area (Å²) in [5.41, 5.74) is 1.37. The lowest BCUT2D eigenvalue weighted by atomic mass is 10.2. The summed E-state index contributed by atoms with van der Waals surface area (Å²) >= 11 is 11.9. The zero-order chi connectivity index (χ0) is 16.5. The molecule has 0 heterocycles. The van der Waals surface area contributed by atoms with E-state index in [4.69, 9.17) is 0 Å². The molecule has 118 valence electrons. The first-order chi connectivity index (χ1) is 11.1. The highest BCUT2D eigenvalue weighted by atomic mass is 79.9. The SMILES string of the molecule is Brc1ccc(Br)cc1.Brc1ccc(SCc2ccccc2)cc1. The summed E-state index contributed by atoms with van der Waals surface area (Å²) in [5.74, 6) is 1.03. The Balaban J connectivity index is 0.000000203. The number of benzene rings is 3. The lowest BCUT2D eigenvalue weighted by Crippen LogP contribution is -1.78. The fourth-order valence-corrected chi connectivity index (χ4v) is 3.35. The molecule has 0 fully saturated rings. The second-order valence-electron chi connectivity index (χ2n) is 4.66. The molecule has 4 heteroatoms. The number of halogens is 3. The summed E-state index contributed by atoms with van der Waals surface area (Å²) in [6, 6.07) is 26.9. The summed E-state index contributed by atoms with van der Waals surface area (Å²) in [6.07, 6.45) is 0. The molecule has 3 rings (SSSR count). The normalized spacial score (nSPS) is 9.87. The van der Waals surface area contributed by atoms with Gasteiger partial charge in [-0.1, -0.05) is 78.1 Å². The molecule has 23 heavy (non-hydrogen) atoms. The predicted molar refractivity (Wildman–Crippen MR) is 112 cm³/mol. The van der Waals surface area contributed by atoms with Crippen LogP contribution in [0.2, 0.25) is 0 Å². The van der Waals surface area contributed by atoms with Crippen molar-refractivity contribution in [3.63, 3.8) is 0 Å². The van der Waals surface area contributed by atoms with Crippen molar-refractivity contribution in [2.24, 2.45) is 0 Å². The van der Waals surface area contributed by atoms with Gasteiger partial charge in [0.05, 0.1) is 0 Å². The molecule has 0 N–H and O–H groups in total. The van der Waals surface area contributed by atoms with Gasteiger partial charge in [0.15, 0.2) is 0 Å². The summed E-state index contributed by atoms with van der Waals surface area (Å²) < 4.78 is 3.35. The predicted octanol–water partition coefficient (Wildman–Crippen LogP) is 7.95. The second-order valence-corrected chi connectivity index (χ2v) is 8.46. The maximum absolute atomic E-state index is 3.43. The topological polar surface area (TPSA) is 0 Å². The molecular formula is C19H15Br3S. The summed E-state index contributed by atoms with van der Waals surface area (Å²) in [5, 5.41) is 0. The first kappa shape index (κ1) is 18.8. The minimum absolute atomic E-state index is 1.03. The van der Waals surface area contributed by atoms with E-state index in [1.165, 1.54) is 10.5 Å². The maximum atomic E-state index is 3.43. The Labute approximate surface area is 167 Å². The fraction of sp³-hybridized carbons (Fsp3) is 0.0526. The lowest BCUT2D eigenvalue weighted by molar-refractivity contribution is 1.38. The monoisotopic (exact) mass is 512 g/mol. The number of hydrogen-bond donors (Lipinski definition) is 0. The van der Waals surface area contributed by atoms with Crippen LogP contribution in [0.25, 0.3) is 0 Å². The highest BCUT2D eigenvalue weighted by Crippen LogP contribution is 2.24. The second kappa shape index (κ2) is 10.3. The van der Waals surface area contributed by atoms with Crippen LogP contribution in [0.15, 0.2) is 97.2 Å². The van der Waals surface area contributed by atoms with Gasteiger partial charge < -0.3 is 0 Å². The average molecular weight is 515 g/mol. The Bertz CT molecular complexity index is 674. The summed E-state index contributed by atoms with van der Waals surface area (Å²) in [7, 11) is 0. The molecule has 0 saturated heterocycles. The zero-order valence-corrected chi connectivity index (χ0v) is 17.8. The fourth-order valence-electron chi connectivity index (χ4n) is 1.70. The molecule has 0 aliphatic carbocycles. The van der Waals surface area contributed by atoms with Crippen molar-refractivity contribution in [3.05, 3.63) is 97.8 Å². The van der Waals surface area contributed by atoms with Crippen molar-refractivity contribution in [1.29, 1.82) is 0 Å². The van der Waals surface area contributed by atoms with Crippen LogP contribution in [-0.2, 0) is 5.75 Å². The van der Waals surface area contributed by atoms with Crippen LogP contribution in [0, 0.1) is 0 Å². The first-order valence-electron chi connectivity index (χ1n) is 6.97. The van der Waals surface area contributed by atoms with E-state index in [-0.39, 0.29) is 0 Å². The molecular weight excluding hydrogens is 500 g/mol. The van der Waals surface area contributed by atoms with E-state index in [1.807, 2.05) is 42.1 Å². The standard InChI is InChI=1S/C13H11BrS.C6H4Br2/c14-12-6-8-13(9-7-12)15-10-11-4-2-1-3-5-11;7-5-1-2-6(8)4-3-5/h1-9H,10H2;1-4H. The summed E-state index contributed by atoms with van der Waals surface area (Å²) in [4.78, 5) is 1.31. The van der Waals surface area contributed by atoms with Crippen LogP contribution in [0.4, 0.5) is 0 Å². The van der Waals surface area contributed by atoms with Gasteiger partial charge in [-0.15, -0.1) is 11.8 Å². The molecule has 0 radical (unpaired) electrons. The Hall–Kier alpha value is -0.550. The third kappa shape index (κ3) is 7.71. The zero-order valence-electron chi connectivity index (χ0n) is 12.3. The Morgan fingerprint density at radius 3 is 1.48 bits per heavy atom. The van der Waals surface area contributed by atoms with Gasteiger partial charge in [-0.3, -0.25) is 0 Å². The number of rotatable bonds is 3. The molecule has 0 atom stereocenters. The van der Waals surface area contributed by atoms with Crippen molar-refractivity contribution in [2.45, 2.75) is 10.6 Å². The van der Waals surface area contributed by atoms with E-state index in [0.29, 0.717) is 0 Å². The molecule has 3 aromatic carbocycles. The van der Waals surface area contributed by atoms with Crippen LogP contribution in [-0.4, -0.2) is 0 Å². The molecule has 0 bridgehead atoms. The molecule has 0 nitrogen and oxygen atoms in total. The Morgan fingerprint density at radius 1 is 0.565 bits per heavy atom. The van der Waals surface area contributed by atoms with Crippen LogP contribution in [0.1, 0.15) is 5.56 Å². The van der Waals surface area contributed by atoms with Crippen molar-refractivity contribution in [3.8, 4) is 0 Å². The van der Waals surface area contributed by atoms with E-state index in [2.05, 4.69) is 96.3 Å². The van der Waals surface area contributed by atoms with Crippen LogP contribution in [0.5, 0.6) is 0 Å². The van der Waals surface area contributed by atoms with Gasteiger partial charge >= 0.3 is 0 Å². The molecule has 0 saturated carbocycles. The van der Waals surface area contributed by atoms with E-state index in [0.717, 1.165) is 19.2 Å². The molecule has 0 amide bonds. The van der Waals surface area contributed by atoms with Gasteiger partial charge in [0.2, 0.25) is 0 Å². The highest BCUT2D eigenvalue weighted by Gasteiger charge is 1.95. The van der Waals surface area contributed by atoms with Gasteiger partial charge in [0.25, 0.3) is 0 Å². The van der Waals surface area contributed by atoms with E-state index in [9.17, 15) is 0 Å². The maximum Gasteiger partial charge on any atom is 0.0231 e. The van der Waals surface area contributed by atoms with Crippen LogP contribution >= 0.6 is 59.6 Å².